The fraction of sp³-hybridized carbons (Fsp3) is 0.600. The van der Waals surface area contributed by atoms with E-state index in [2.05, 4.69) is 19.3 Å². The van der Waals surface area contributed by atoms with Gasteiger partial charge in [-0.1, -0.05) is 26.8 Å². The molecule has 0 aliphatic heterocycles. The third-order valence-corrected chi connectivity index (χ3v) is 1.71. The normalized spacial score (nSPS) is 11.2. The van der Waals surface area contributed by atoms with Gasteiger partial charge >= 0.3 is 0 Å². The summed E-state index contributed by atoms with van der Waals surface area (Å²) in [4.78, 5) is 0. The molecule has 0 amide bonds. The molecule has 0 radical (unpaired) electrons. The smallest absolute Gasteiger partial charge is 0.0179 e. The van der Waals surface area contributed by atoms with Gasteiger partial charge in [0.1, 0.15) is 0 Å². The van der Waals surface area contributed by atoms with E-state index in [-0.39, 0.29) is 0 Å². The highest BCUT2D eigenvalue weighted by Crippen LogP contribution is 2.05. The van der Waals surface area contributed by atoms with Crippen molar-refractivity contribution in [3.63, 3.8) is 0 Å². The van der Waals surface area contributed by atoms with E-state index in [1.54, 1.807) is 6.20 Å². The first kappa shape index (κ1) is 14.2. The van der Waals surface area contributed by atoms with Crippen molar-refractivity contribution in [3.05, 3.63) is 23.9 Å². The van der Waals surface area contributed by atoms with E-state index in [0.717, 1.165) is 12.2 Å². The van der Waals surface area contributed by atoms with Crippen molar-refractivity contribution in [2.75, 3.05) is 12.0 Å². The van der Waals surface area contributed by atoms with Gasteiger partial charge in [0.2, 0.25) is 0 Å². The van der Waals surface area contributed by atoms with Crippen LogP contribution in [0.4, 0.5) is 0 Å². The van der Waals surface area contributed by atoms with Crippen molar-refractivity contribution in [2.45, 2.75) is 27.2 Å². The molecule has 0 saturated heterocycles. The van der Waals surface area contributed by atoms with E-state index in [1.165, 1.54) is 5.57 Å². The molecule has 0 saturated carbocycles. The maximum Gasteiger partial charge on any atom is 0.0179 e. The lowest BCUT2D eigenvalue weighted by atomic mass is 10.2. The van der Waals surface area contributed by atoms with Crippen LogP contribution in [0.25, 0.3) is 0 Å². The zero-order valence-corrected chi connectivity index (χ0v) is 9.45. The Hall–Kier alpha value is -0.370. The largest absolute Gasteiger partial charge is 0.405 e. The molecular weight excluding hydrogens is 166 g/mol. The van der Waals surface area contributed by atoms with E-state index in [0.29, 0.717) is 0 Å². The maximum absolute atomic E-state index is 5.26. The summed E-state index contributed by atoms with van der Waals surface area (Å²) in [7, 11) is 0. The minimum absolute atomic E-state index is 1.06. The molecule has 0 aromatic carbocycles. The number of allylic oxidation sites excluding steroid dienone is 2. The van der Waals surface area contributed by atoms with Crippen LogP contribution in [0.5, 0.6) is 0 Å². The van der Waals surface area contributed by atoms with Crippen LogP contribution in [0, 0.1) is 0 Å². The van der Waals surface area contributed by atoms with Gasteiger partial charge in [0.15, 0.2) is 0 Å². The van der Waals surface area contributed by atoms with Gasteiger partial charge in [-0.15, -0.1) is 0 Å². The minimum atomic E-state index is 1.06. The molecule has 0 aliphatic rings. The highest BCUT2D eigenvalue weighted by Gasteiger charge is 1.87. The second kappa shape index (κ2) is 13.2. The van der Waals surface area contributed by atoms with Crippen molar-refractivity contribution in [1.29, 1.82) is 0 Å². The SMILES string of the molecule is CC.CC/C=C(\C=C/N)CSC. The summed E-state index contributed by atoms with van der Waals surface area (Å²) in [6.45, 7) is 6.13. The molecule has 1 nitrogen and oxygen atoms in total. The summed E-state index contributed by atoms with van der Waals surface area (Å²) in [6, 6.07) is 0. The van der Waals surface area contributed by atoms with Crippen LogP contribution in [0.15, 0.2) is 23.9 Å². The standard InChI is InChI=1S/C8H15NS.C2H6/c1-3-4-8(5-6-9)7-10-2;1-2/h4-6H,3,7,9H2,1-2H3;1-2H3/b6-5-,8-4+;. The van der Waals surface area contributed by atoms with Crippen molar-refractivity contribution in [3.8, 4) is 0 Å². The van der Waals surface area contributed by atoms with Gasteiger partial charge in [0.25, 0.3) is 0 Å². The minimum Gasteiger partial charge on any atom is -0.405 e. The summed E-state index contributed by atoms with van der Waals surface area (Å²) in [5.41, 5.74) is 6.58. The van der Waals surface area contributed by atoms with E-state index in [1.807, 2.05) is 31.7 Å². The number of hydrogen-bond acceptors (Lipinski definition) is 2. The molecule has 0 spiro atoms. The summed E-state index contributed by atoms with van der Waals surface area (Å²) in [5.74, 6) is 1.06. The molecule has 72 valence electrons. The van der Waals surface area contributed by atoms with Crippen LogP contribution in [0.3, 0.4) is 0 Å². The number of rotatable bonds is 4. The Bertz CT molecular complexity index is 128. The molecule has 0 aliphatic carbocycles. The Morgan fingerprint density at radius 1 is 1.42 bits per heavy atom. The Morgan fingerprint density at radius 2 is 2.00 bits per heavy atom. The average Bonchev–Trinajstić information content (AvgIpc) is 2.10. The predicted molar refractivity (Wildman–Crippen MR) is 61.4 cm³/mol. The fourth-order valence-corrected chi connectivity index (χ4v) is 1.27. The van der Waals surface area contributed by atoms with Crippen LogP contribution in [-0.4, -0.2) is 12.0 Å². The molecule has 12 heavy (non-hydrogen) atoms. The molecule has 2 heteroatoms. The Balaban J connectivity index is 0. The van der Waals surface area contributed by atoms with Gasteiger partial charge in [-0.2, -0.15) is 11.8 Å². The molecule has 0 aromatic heterocycles. The fourth-order valence-electron chi connectivity index (χ4n) is 0.728. The Kier molecular flexibility index (Phi) is 15.6. The molecule has 0 fully saturated rings. The van der Waals surface area contributed by atoms with Gasteiger partial charge in [-0.3, -0.25) is 0 Å². The quantitative estimate of drug-likeness (QED) is 0.684. The van der Waals surface area contributed by atoms with Crippen molar-refractivity contribution >= 4 is 11.8 Å². The molecule has 0 rings (SSSR count). The number of hydrogen-bond donors (Lipinski definition) is 1. The molecule has 2 N–H and O–H groups in total. The second-order valence-electron chi connectivity index (χ2n) is 1.98. The first-order valence-corrected chi connectivity index (χ1v) is 5.80. The van der Waals surface area contributed by atoms with Crippen molar-refractivity contribution < 1.29 is 0 Å². The van der Waals surface area contributed by atoms with Crippen molar-refractivity contribution in [2.24, 2.45) is 5.73 Å². The van der Waals surface area contributed by atoms with Crippen LogP contribution in [0.2, 0.25) is 0 Å². The monoisotopic (exact) mass is 187 g/mol. The highest BCUT2D eigenvalue weighted by atomic mass is 32.2. The van der Waals surface area contributed by atoms with Crippen LogP contribution in [-0.2, 0) is 0 Å². The Labute approximate surface area is 81.1 Å². The number of nitrogens with two attached hydrogens (primary N) is 1. The lowest BCUT2D eigenvalue weighted by molar-refractivity contribution is 1.20. The molecule has 0 atom stereocenters. The lowest BCUT2D eigenvalue weighted by Crippen LogP contribution is -1.85. The summed E-state index contributed by atoms with van der Waals surface area (Å²) in [5, 5.41) is 0. The summed E-state index contributed by atoms with van der Waals surface area (Å²) < 4.78 is 0. The van der Waals surface area contributed by atoms with Gasteiger partial charge in [-0.25, -0.2) is 0 Å². The summed E-state index contributed by atoms with van der Waals surface area (Å²) in [6.07, 6.45) is 8.92. The highest BCUT2D eigenvalue weighted by molar-refractivity contribution is 7.98. The number of thioether (sulfide) groups is 1. The topological polar surface area (TPSA) is 26.0 Å². The molecule has 0 aromatic rings. The third kappa shape index (κ3) is 9.63. The first-order valence-electron chi connectivity index (χ1n) is 4.41. The third-order valence-electron chi connectivity index (χ3n) is 1.09. The van der Waals surface area contributed by atoms with Gasteiger partial charge < -0.3 is 5.73 Å². The van der Waals surface area contributed by atoms with Crippen LogP contribution < -0.4 is 5.73 Å². The molecule has 0 bridgehead atoms. The summed E-state index contributed by atoms with van der Waals surface area (Å²) >= 11 is 1.81. The zero-order valence-electron chi connectivity index (χ0n) is 8.63. The van der Waals surface area contributed by atoms with E-state index in [4.69, 9.17) is 5.73 Å². The van der Waals surface area contributed by atoms with Gasteiger partial charge in [0, 0.05) is 5.75 Å². The van der Waals surface area contributed by atoms with Crippen molar-refractivity contribution in [1.82, 2.24) is 0 Å². The predicted octanol–water partition coefficient (Wildman–Crippen LogP) is 3.18. The Morgan fingerprint density at radius 3 is 2.33 bits per heavy atom. The average molecular weight is 187 g/mol. The molecule has 0 unspecified atom stereocenters. The first-order chi connectivity index (χ1) is 5.85. The van der Waals surface area contributed by atoms with Crippen LogP contribution in [0.1, 0.15) is 27.2 Å². The molecule has 0 heterocycles. The zero-order chi connectivity index (χ0) is 9.82. The lowest BCUT2D eigenvalue weighted by Gasteiger charge is -1.96. The maximum atomic E-state index is 5.26. The van der Waals surface area contributed by atoms with Gasteiger partial charge in [-0.05, 0) is 30.5 Å². The molecular formula is C10H21NS. The van der Waals surface area contributed by atoms with E-state index in [9.17, 15) is 0 Å². The van der Waals surface area contributed by atoms with Crippen LogP contribution >= 0.6 is 11.8 Å². The second-order valence-corrected chi connectivity index (χ2v) is 2.85. The van der Waals surface area contributed by atoms with E-state index < -0.39 is 0 Å². The van der Waals surface area contributed by atoms with Gasteiger partial charge in [0.05, 0.1) is 0 Å². The van der Waals surface area contributed by atoms with E-state index >= 15 is 0 Å².